The third-order valence-corrected chi connectivity index (χ3v) is 2.25. The monoisotopic (exact) mass is 162 g/mol. The van der Waals surface area contributed by atoms with Gasteiger partial charge in [0.1, 0.15) is 11.2 Å². The quantitative estimate of drug-likeness (QED) is 0.598. The van der Waals surface area contributed by atoms with Crippen LogP contribution in [-0.2, 0) is 14.3 Å². The van der Waals surface area contributed by atoms with Crippen LogP contribution in [0.3, 0.4) is 0 Å². The van der Waals surface area contributed by atoms with Gasteiger partial charge in [-0.25, -0.2) is 0 Å². The Morgan fingerprint density at radius 1 is 1.60 bits per heavy atom. The summed E-state index contributed by atoms with van der Waals surface area (Å²) in [5.74, 6) is 0. The van der Waals surface area contributed by atoms with E-state index < -0.39 is 10.1 Å². The average Bonchev–Trinajstić information content (AvgIpc) is 2.38. The predicted octanol–water partition coefficient (Wildman–Crippen LogP) is 0.615. The highest BCUT2D eigenvalue weighted by Crippen LogP contribution is 2.10. The van der Waals surface area contributed by atoms with E-state index in [-0.39, 0.29) is 4.90 Å². The highest BCUT2D eigenvalue weighted by molar-refractivity contribution is 7.86. The SMILES string of the molecule is COS(=O)(=O)c1ccoc1. The minimum absolute atomic E-state index is 0.0370. The van der Waals surface area contributed by atoms with E-state index >= 15 is 0 Å². The zero-order valence-corrected chi connectivity index (χ0v) is 6.09. The number of furan rings is 1. The van der Waals surface area contributed by atoms with Crippen LogP contribution in [0, 0.1) is 0 Å². The lowest BCUT2D eigenvalue weighted by atomic mass is 10.7. The Balaban J connectivity index is 3.09. The molecule has 0 saturated heterocycles. The second-order valence-electron chi connectivity index (χ2n) is 1.58. The van der Waals surface area contributed by atoms with E-state index in [1.165, 1.54) is 12.3 Å². The van der Waals surface area contributed by atoms with E-state index in [2.05, 4.69) is 8.60 Å². The highest BCUT2D eigenvalue weighted by atomic mass is 32.2. The number of rotatable bonds is 2. The maximum Gasteiger partial charge on any atom is 0.299 e. The minimum atomic E-state index is -3.55. The van der Waals surface area contributed by atoms with Crippen LogP contribution in [-0.4, -0.2) is 15.5 Å². The van der Waals surface area contributed by atoms with Crippen molar-refractivity contribution in [3.05, 3.63) is 18.6 Å². The fourth-order valence-corrected chi connectivity index (χ4v) is 1.08. The van der Waals surface area contributed by atoms with Gasteiger partial charge >= 0.3 is 0 Å². The van der Waals surface area contributed by atoms with Gasteiger partial charge in [0.2, 0.25) is 0 Å². The van der Waals surface area contributed by atoms with Crippen LogP contribution in [0.5, 0.6) is 0 Å². The van der Waals surface area contributed by atoms with Gasteiger partial charge in [0.15, 0.2) is 0 Å². The summed E-state index contributed by atoms with van der Waals surface area (Å²) >= 11 is 0. The van der Waals surface area contributed by atoms with Crippen molar-refractivity contribution in [2.45, 2.75) is 4.90 Å². The molecule has 0 radical (unpaired) electrons. The zero-order chi connectivity index (χ0) is 7.61. The third-order valence-electron chi connectivity index (χ3n) is 1.00. The lowest BCUT2D eigenvalue weighted by Crippen LogP contribution is -2.00. The van der Waals surface area contributed by atoms with Crippen LogP contribution in [0.1, 0.15) is 0 Å². The molecule has 0 unspecified atom stereocenters. The molecule has 5 heteroatoms. The Kier molecular flexibility index (Phi) is 1.78. The van der Waals surface area contributed by atoms with Crippen molar-refractivity contribution in [3.8, 4) is 0 Å². The van der Waals surface area contributed by atoms with Crippen LogP contribution in [0.2, 0.25) is 0 Å². The molecule has 4 nitrogen and oxygen atoms in total. The lowest BCUT2D eigenvalue weighted by Gasteiger charge is -1.93. The Morgan fingerprint density at radius 2 is 2.30 bits per heavy atom. The van der Waals surface area contributed by atoms with E-state index in [1.807, 2.05) is 0 Å². The molecule has 0 aliphatic heterocycles. The molecule has 1 heterocycles. The van der Waals surface area contributed by atoms with Crippen molar-refractivity contribution >= 4 is 10.1 Å². The third kappa shape index (κ3) is 1.19. The Hall–Kier alpha value is -0.810. The van der Waals surface area contributed by atoms with Crippen LogP contribution in [0.4, 0.5) is 0 Å². The van der Waals surface area contributed by atoms with Gasteiger partial charge in [0.05, 0.1) is 13.4 Å². The molecule has 0 aliphatic carbocycles. The molecule has 0 amide bonds. The largest absolute Gasteiger partial charge is 0.471 e. The maximum absolute atomic E-state index is 10.8. The molecule has 10 heavy (non-hydrogen) atoms. The molecule has 1 aromatic rings. The molecule has 0 bridgehead atoms. The molecule has 0 aromatic carbocycles. The second kappa shape index (κ2) is 2.43. The van der Waals surface area contributed by atoms with Crippen molar-refractivity contribution in [1.82, 2.24) is 0 Å². The summed E-state index contributed by atoms with van der Waals surface area (Å²) in [5.41, 5.74) is 0. The standard InChI is InChI=1S/C5H6O4S/c1-8-10(6,7)5-2-3-9-4-5/h2-4H,1H3. The molecule has 56 valence electrons. The summed E-state index contributed by atoms with van der Waals surface area (Å²) in [5, 5.41) is 0. The van der Waals surface area contributed by atoms with Crippen LogP contribution >= 0.6 is 0 Å². The van der Waals surface area contributed by atoms with Crippen molar-refractivity contribution in [3.63, 3.8) is 0 Å². The summed E-state index contributed by atoms with van der Waals surface area (Å²) in [4.78, 5) is 0.0370. The molecule has 0 spiro atoms. The van der Waals surface area contributed by atoms with Crippen molar-refractivity contribution in [2.75, 3.05) is 7.11 Å². The molecule has 0 fully saturated rings. The van der Waals surface area contributed by atoms with Gasteiger partial charge in [-0.2, -0.15) is 8.42 Å². The van der Waals surface area contributed by atoms with E-state index in [1.54, 1.807) is 0 Å². The van der Waals surface area contributed by atoms with Gasteiger partial charge < -0.3 is 4.42 Å². The first-order chi connectivity index (χ1) is 4.67. The molecule has 0 saturated carbocycles. The summed E-state index contributed by atoms with van der Waals surface area (Å²) in [6.45, 7) is 0. The topological polar surface area (TPSA) is 56.5 Å². The van der Waals surface area contributed by atoms with Crippen LogP contribution in [0.25, 0.3) is 0 Å². The smallest absolute Gasteiger partial charge is 0.299 e. The van der Waals surface area contributed by atoms with Gasteiger partial charge in [-0.05, 0) is 6.07 Å². The lowest BCUT2D eigenvalue weighted by molar-refractivity contribution is 0.396. The molecular formula is C5H6O4S. The van der Waals surface area contributed by atoms with Gasteiger partial charge in [0.25, 0.3) is 10.1 Å². The minimum Gasteiger partial charge on any atom is -0.471 e. The number of hydrogen-bond acceptors (Lipinski definition) is 4. The Morgan fingerprint density at radius 3 is 2.70 bits per heavy atom. The van der Waals surface area contributed by atoms with Crippen LogP contribution in [0.15, 0.2) is 27.9 Å². The molecule has 0 aliphatic rings. The van der Waals surface area contributed by atoms with Crippen LogP contribution < -0.4 is 0 Å². The summed E-state index contributed by atoms with van der Waals surface area (Å²) in [6, 6.07) is 1.32. The zero-order valence-electron chi connectivity index (χ0n) is 5.27. The second-order valence-corrected chi connectivity index (χ2v) is 3.29. The molecular weight excluding hydrogens is 156 g/mol. The first-order valence-corrected chi connectivity index (χ1v) is 3.90. The normalized spacial score (nSPS) is 11.7. The first kappa shape index (κ1) is 7.30. The van der Waals surface area contributed by atoms with Gasteiger partial charge in [-0.1, -0.05) is 0 Å². The summed E-state index contributed by atoms with van der Waals surface area (Å²) < 4.78 is 30.3. The summed E-state index contributed by atoms with van der Waals surface area (Å²) in [6.07, 6.45) is 2.38. The molecule has 0 atom stereocenters. The van der Waals surface area contributed by atoms with Crippen molar-refractivity contribution in [1.29, 1.82) is 0 Å². The predicted molar refractivity (Wildman–Crippen MR) is 32.9 cm³/mol. The number of hydrogen-bond donors (Lipinski definition) is 0. The first-order valence-electron chi connectivity index (χ1n) is 2.49. The van der Waals surface area contributed by atoms with E-state index in [9.17, 15) is 8.42 Å². The highest BCUT2D eigenvalue weighted by Gasteiger charge is 2.12. The Labute approximate surface area is 58.5 Å². The summed E-state index contributed by atoms with van der Waals surface area (Å²) in [7, 11) is -2.45. The van der Waals surface area contributed by atoms with E-state index in [0.717, 1.165) is 13.4 Å². The molecule has 0 N–H and O–H groups in total. The molecule has 1 rings (SSSR count). The fourth-order valence-electron chi connectivity index (χ4n) is 0.490. The molecule has 1 aromatic heterocycles. The van der Waals surface area contributed by atoms with E-state index in [4.69, 9.17) is 0 Å². The fraction of sp³-hybridized carbons (Fsp3) is 0.200. The van der Waals surface area contributed by atoms with Crippen molar-refractivity contribution < 1.29 is 17.0 Å². The van der Waals surface area contributed by atoms with Gasteiger partial charge in [-0.15, -0.1) is 0 Å². The average molecular weight is 162 g/mol. The van der Waals surface area contributed by atoms with Gasteiger partial charge in [0, 0.05) is 0 Å². The van der Waals surface area contributed by atoms with E-state index in [0.29, 0.717) is 0 Å². The Bertz CT molecular complexity index is 283. The maximum atomic E-state index is 10.8. The van der Waals surface area contributed by atoms with Gasteiger partial charge in [-0.3, -0.25) is 4.18 Å². The van der Waals surface area contributed by atoms with Crippen molar-refractivity contribution in [2.24, 2.45) is 0 Å².